The molecule has 1 N–H and O–H groups in total. The van der Waals surface area contributed by atoms with Crippen LogP contribution in [0.4, 0.5) is 5.82 Å². The Morgan fingerprint density at radius 1 is 1.56 bits per heavy atom. The quantitative estimate of drug-likeness (QED) is 0.855. The normalized spacial score (nSPS) is 10.1. The lowest BCUT2D eigenvalue weighted by molar-refractivity contribution is 0.0994. The third-order valence-corrected chi connectivity index (χ3v) is 2.29. The summed E-state index contributed by atoms with van der Waals surface area (Å²) in [6, 6.07) is 1.95. The Balaban J connectivity index is 2.27. The average Bonchev–Trinajstić information content (AvgIpc) is 2.81. The molecule has 2 heterocycles. The highest BCUT2D eigenvalue weighted by Crippen LogP contribution is 2.15. The van der Waals surface area contributed by atoms with Crippen molar-refractivity contribution in [1.82, 2.24) is 14.8 Å². The van der Waals surface area contributed by atoms with Crippen molar-refractivity contribution in [3.63, 3.8) is 0 Å². The molecule has 0 fully saturated rings. The summed E-state index contributed by atoms with van der Waals surface area (Å²) in [5.41, 5.74) is 0.791. The van der Waals surface area contributed by atoms with Gasteiger partial charge in [-0.05, 0) is 6.92 Å². The SMILES string of the molecule is Cc1nc(C)c(C(=O)Nc2nn(C)cc2C#N)o1. The highest BCUT2D eigenvalue weighted by molar-refractivity contribution is 6.02. The number of aryl methyl sites for hydroxylation is 3. The lowest BCUT2D eigenvalue weighted by atomic mass is 10.3. The smallest absolute Gasteiger partial charge is 0.294 e. The second kappa shape index (κ2) is 4.33. The van der Waals surface area contributed by atoms with E-state index in [-0.39, 0.29) is 11.6 Å². The minimum Gasteiger partial charge on any atom is -0.436 e. The molecule has 0 aromatic carbocycles. The lowest BCUT2D eigenvalue weighted by Gasteiger charge is -1.99. The van der Waals surface area contributed by atoms with Gasteiger partial charge in [0, 0.05) is 20.2 Å². The summed E-state index contributed by atoms with van der Waals surface area (Å²) in [6.07, 6.45) is 1.52. The molecule has 0 unspecified atom stereocenters. The number of rotatable bonds is 2. The van der Waals surface area contributed by atoms with Crippen LogP contribution >= 0.6 is 0 Å². The van der Waals surface area contributed by atoms with Gasteiger partial charge in [-0.1, -0.05) is 0 Å². The highest BCUT2D eigenvalue weighted by atomic mass is 16.4. The third kappa shape index (κ3) is 2.08. The molecule has 0 radical (unpaired) electrons. The number of hydrogen-bond donors (Lipinski definition) is 1. The number of nitriles is 1. The van der Waals surface area contributed by atoms with Crippen LogP contribution in [0, 0.1) is 25.2 Å². The fourth-order valence-electron chi connectivity index (χ4n) is 1.57. The first kappa shape index (κ1) is 11.9. The van der Waals surface area contributed by atoms with Crippen LogP contribution in [0.5, 0.6) is 0 Å². The number of nitrogens with zero attached hydrogens (tertiary/aromatic N) is 4. The Labute approximate surface area is 103 Å². The molecule has 0 saturated heterocycles. The molecule has 92 valence electrons. The number of anilines is 1. The molecular formula is C11H11N5O2. The second-order valence-electron chi connectivity index (χ2n) is 3.78. The van der Waals surface area contributed by atoms with Crippen molar-refractivity contribution in [3.8, 4) is 6.07 Å². The number of aromatic nitrogens is 3. The summed E-state index contributed by atoms with van der Waals surface area (Å²) in [6.45, 7) is 3.33. The van der Waals surface area contributed by atoms with Crippen LogP contribution in [0.2, 0.25) is 0 Å². The summed E-state index contributed by atoms with van der Waals surface area (Å²) >= 11 is 0. The van der Waals surface area contributed by atoms with E-state index in [1.54, 1.807) is 20.9 Å². The zero-order valence-corrected chi connectivity index (χ0v) is 10.2. The predicted octanol–water partition coefficient (Wildman–Crippen LogP) is 1.15. The molecular weight excluding hydrogens is 234 g/mol. The first-order valence-corrected chi connectivity index (χ1v) is 5.20. The third-order valence-electron chi connectivity index (χ3n) is 2.29. The van der Waals surface area contributed by atoms with E-state index in [1.165, 1.54) is 10.9 Å². The first-order valence-electron chi connectivity index (χ1n) is 5.20. The number of amides is 1. The van der Waals surface area contributed by atoms with Gasteiger partial charge in [0.2, 0.25) is 5.76 Å². The molecule has 7 nitrogen and oxygen atoms in total. The Hall–Kier alpha value is -2.62. The number of nitrogens with one attached hydrogen (secondary N) is 1. The largest absolute Gasteiger partial charge is 0.436 e. The maximum Gasteiger partial charge on any atom is 0.294 e. The molecule has 0 aliphatic heterocycles. The number of carbonyl (C=O) groups is 1. The van der Waals surface area contributed by atoms with Crippen LogP contribution < -0.4 is 5.32 Å². The van der Waals surface area contributed by atoms with Gasteiger partial charge in [-0.2, -0.15) is 10.4 Å². The van der Waals surface area contributed by atoms with E-state index in [0.717, 1.165) is 0 Å². The lowest BCUT2D eigenvalue weighted by Crippen LogP contribution is -2.13. The summed E-state index contributed by atoms with van der Waals surface area (Å²) < 4.78 is 6.64. The molecule has 18 heavy (non-hydrogen) atoms. The molecule has 0 aliphatic rings. The van der Waals surface area contributed by atoms with Crippen LogP contribution in [0.3, 0.4) is 0 Å². The Morgan fingerprint density at radius 3 is 2.83 bits per heavy atom. The van der Waals surface area contributed by atoms with E-state index in [9.17, 15) is 4.79 Å². The van der Waals surface area contributed by atoms with Crippen LogP contribution in [0.1, 0.15) is 27.7 Å². The standard InChI is InChI=1S/C11H11N5O2/c1-6-9(18-7(2)13-6)11(17)14-10-8(4-12)5-16(3)15-10/h5H,1-3H3,(H,14,15,17). The maximum absolute atomic E-state index is 11.9. The van der Waals surface area contributed by atoms with Crippen LogP contribution in [-0.4, -0.2) is 20.7 Å². The van der Waals surface area contributed by atoms with Gasteiger partial charge < -0.3 is 9.73 Å². The molecule has 2 aromatic heterocycles. The van der Waals surface area contributed by atoms with E-state index in [4.69, 9.17) is 9.68 Å². The van der Waals surface area contributed by atoms with Crippen molar-refractivity contribution >= 4 is 11.7 Å². The first-order chi connectivity index (χ1) is 8.51. The summed E-state index contributed by atoms with van der Waals surface area (Å²) in [5, 5.41) is 15.4. The monoisotopic (exact) mass is 245 g/mol. The van der Waals surface area contributed by atoms with E-state index in [2.05, 4.69) is 15.4 Å². The van der Waals surface area contributed by atoms with Crippen molar-refractivity contribution in [2.24, 2.45) is 7.05 Å². The number of oxazole rings is 1. The Bertz CT molecular complexity index is 647. The molecule has 0 saturated carbocycles. The van der Waals surface area contributed by atoms with E-state index < -0.39 is 5.91 Å². The van der Waals surface area contributed by atoms with E-state index in [1.807, 2.05) is 6.07 Å². The second-order valence-corrected chi connectivity index (χ2v) is 3.78. The van der Waals surface area contributed by atoms with Crippen LogP contribution in [0.15, 0.2) is 10.6 Å². The molecule has 0 atom stereocenters. The van der Waals surface area contributed by atoms with Gasteiger partial charge in [0.25, 0.3) is 5.91 Å². The molecule has 0 bridgehead atoms. The topological polar surface area (TPSA) is 96.7 Å². The number of hydrogen-bond acceptors (Lipinski definition) is 5. The molecule has 0 aliphatic carbocycles. The molecule has 7 heteroatoms. The number of carbonyl (C=O) groups excluding carboxylic acids is 1. The predicted molar refractivity (Wildman–Crippen MR) is 61.9 cm³/mol. The van der Waals surface area contributed by atoms with Gasteiger partial charge in [0.1, 0.15) is 11.6 Å². The van der Waals surface area contributed by atoms with Crippen LogP contribution in [0.25, 0.3) is 0 Å². The van der Waals surface area contributed by atoms with E-state index >= 15 is 0 Å². The summed E-state index contributed by atoms with van der Waals surface area (Å²) in [4.78, 5) is 15.9. The molecule has 0 spiro atoms. The van der Waals surface area contributed by atoms with Crippen LogP contribution in [-0.2, 0) is 7.05 Å². The fourth-order valence-corrected chi connectivity index (χ4v) is 1.57. The van der Waals surface area contributed by atoms with Crippen molar-refractivity contribution in [2.45, 2.75) is 13.8 Å². The van der Waals surface area contributed by atoms with Gasteiger partial charge in [0.05, 0.1) is 5.69 Å². The molecule has 2 aromatic rings. The van der Waals surface area contributed by atoms with Gasteiger partial charge in [-0.15, -0.1) is 0 Å². The summed E-state index contributed by atoms with van der Waals surface area (Å²) in [5.74, 6) is 0.281. The van der Waals surface area contributed by atoms with Crippen molar-refractivity contribution < 1.29 is 9.21 Å². The Kier molecular flexibility index (Phi) is 2.85. The zero-order chi connectivity index (χ0) is 13.3. The van der Waals surface area contributed by atoms with Crippen molar-refractivity contribution in [3.05, 3.63) is 29.1 Å². The molecule has 1 amide bonds. The van der Waals surface area contributed by atoms with Gasteiger partial charge >= 0.3 is 0 Å². The van der Waals surface area contributed by atoms with Gasteiger partial charge in [-0.25, -0.2) is 4.98 Å². The maximum atomic E-state index is 11.9. The molecule has 2 rings (SSSR count). The van der Waals surface area contributed by atoms with Gasteiger partial charge in [-0.3, -0.25) is 9.48 Å². The van der Waals surface area contributed by atoms with Crippen molar-refractivity contribution in [2.75, 3.05) is 5.32 Å². The van der Waals surface area contributed by atoms with Gasteiger partial charge in [0.15, 0.2) is 11.7 Å². The zero-order valence-electron chi connectivity index (χ0n) is 10.2. The fraction of sp³-hybridized carbons (Fsp3) is 0.273. The van der Waals surface area contributed by atoms with E-state index in [0.29, 0.717) is 17.1 Å². The highest BCUT2D eigenvalue weighted by Gasteiger charge is 2.18. The Morgan fingerprint density at radius 2 is 2.28 bits per heavy atom. The van der Waals surface area contributed by atoms with Crippen molar-refractivity contribution in [1.29, 1.82) is 5.26 Å². The average molecular weight is 245 g/mol. The minimum atomic E-state index is -0.469. The minimum absolute atomic E-state index is 0.127. The summed E-state index contributed by atoms with van der Waals surface area (Å²) in [7, 11) is 1.67.